The Morgan fingerprint density at radius 2 is 2.00 bits per heavy atom. The fraction of sp³-hybridized carbons (Fsp3) is 0.188. The summed E-state index contributed by atoms with van der Waals surface area (Å²) < 4.78 is 4.66. The molecule has 21 heavy (non-hydrogen) atoms. The predicted molar refractivity (Wildman–Crippen MR) is 78.8 cm³/mol. The molecule has 1 aromatic carbocycles. The van der Waals surface area contributed by atoms with Crippen LogP contribution in [0.3, 0.4) is 0 Å². The first-order valence-corrected chi connectivity index (χ1v) is 6.38. The molecule has 2 aromatic rings. The fourth-order valence-corrected chi connectivity index (χ4v) is 1.90. The molecule has 0 saturated carbocycles. The van der Waals surface area contributed by atoms with Crippen LogP contribution in [-0.2, 0) is 11.3 Å². The summed E-state index contributed by atoms with van der Waals surface area (Å²) in [6.07, 6.45) is 1.55. The highest BCUT2D eigenvalue weighted by atomic mass is 16.5. The Balaban J connectivity index is 2.06. The first kappa shape index (κ1) is 14.5. The van der Waals surface area contributed by atoms with Gasteiger partial charge in [0.1, 0.15) is 11.9 Å². The number of pyridine rings is 1. The van der Waals surface area contributed by atoms with Crippen LogP contribution in [0.4, 0.5) is 5.82 Å². The Hall–Kier alpha value is -2.87. The van der Waals surface area contributed by atoms with Crippen LogP contribution in [0.5, 0.6) is 0 Å². The van der Waals surface area contributed by atoms with Crippen molar-refractivity contribution < 1.29 is 9.53 Å². The molecular weight excluding hydrogens is 266 g/mol. The first-order chi connectivity index (χ1) is 10.1. The number of nitriles is 1. The van der Waals surface area contributed by atoms with Crippen molar-refractivity contribution in [2.24, 2.45) is 0 Å². The molecule has 0 bridgehead atoms. The third-order valence-corrected chi connectivity index (χ3v) is 3.06. The van der Waals surface area contributed by atoms with Gasteiger partial charge in [-0.15, -0.1) is 0 Å². The van der Waals surface area contributed by atoms with Crippen LogP contribution in [-0.4, -0.2) is 25.1 Å². The van der Waals surface area contributed by atoms with E-state index in [9.17, 15) is 4.79 Å². The molecule has 1 heterocycles. The molecule has 5 heteroatoms. The molecule has 2 rings (SSSR count). The molecular formula is C16H15N3O2. The molecule has 1 aromatic heterocycles. The third-order valence-electron chi connectivity index (χ3n) is 3.06. The number of carbonyl (C=O) groups is 1. The SMILES string of the molecule is COC(=O)c1ccc(CN(C)c2ccc(C#N)cn2)cc1. The van der Waals surface area contributed by atoms with E-state index < -0.39 is 0 Å². The standard InChI is InChI=1S/C16H15N3O2/c1-19(15-8-5-13(9-17)10-18-15)11-12-3-6-14(7-4-12)16(20)21-2/h3-8,10H,11H2,1-2H3. The van der Waals surface area contributed by atoms with Crippen molar-refractivity contribution in [1.29, 1.82) is 5.26 Å². The van der Waals surface area contributed by atoms with Crippen molar-refractivity contribution >= 4 is 11.8 Å². The molecule has 0 atom stereocenters. The van der Waals surface area contributed by atoms with Gasteiger partial charge in [0, 0.05) is 19.8 Å². The van der Waals surface area contributed by atoms with Gasteiger partial charge < -0.3 is 9.64 Å². The molecule has 0 fully saturated rings. The van der Waals surface area contributed by atoms with Gasteiger partial charge >= 0.3 is 5.97 Å². The molecule has 0 unspecified atom stereocenters. The number of hydrogen-bond donors (Lipinski definition) is 0. The number of esters is 1. The lowest BCUT2D eigenvalue weighted by Crippen LogP contribution is -2.17. The van der Waals surface area contributed by atoms with E-state index >= 15 is 0 Å². The van der Waals surface area contributed by atoms with Crippen molar-refractivity contribution in [3.63, 3.8) is 0 Å². The van der Waals surface area contributed by atoms with E-state index in [-0.39, 0.29) is 5.97 Å². The third kappa shape index (κ3) is 3.57. The van der Waals surface area contributed by atoms with Gasteiger partial charge in [0.15, 0.2) is 0 Å². The monoisotopic (exact) mass is 281 g/mol. The van der Waals surface area contributed by atoms with E-state index in [4.69, 9.17) is 5.26 Å². The molecule has 0 saturated heterocycles. The molecule has 5 nitrogen and oxygen atoms in total. The number of anilines is 1. The molecule has 0 radical (unpaired) electrons. The van der Waals surface area contributed by atoms with Gasteiger partial charge in [-0.25, -0.2) is 9.78 Å². The number of aromatic nitrogens is 1. The van der Waals surface area contributed by atoms with Crippen LogP contribution >= 0.6 is 0 Å². The molecule has 0 aliphatic heterocycles. The van der Waals surface area contributed by atoms with Gasteiger partial charge in [0.2, 0.25) is 0 Å². The number of carbonyl (C=O) groups excluding carboxylic acids is 1. The highest BCUT2D eigenvalue weighted by Gasteiger charge is 2.07. The lowest BCUT2D eigenvalue weighted by Gasteiger charge is -2.18. The van der Waals surface area contributed by atoms with Crippen LogP contribution < -0.4 is 4.90 Å². The molecule has 0 aliphatic rings. The highest BCUT2D eigenvalue weighted by molar-refractivity contribution is 5.89. The van der Waals surface area contributed by atoms with E-state index in [0.717, 1.165) is 11.4 Å². The van der Waals surface area contributed by atoms with E-state index in [0.29, 0.717) is 17.7 Å². The largest absolute Gasteiger partial charge is 0.465 e. The van der Waals surface area contributed by atoms with Gasteiger partial charge in [0.25, 0.3) is 0 Å². The van der Waals surface area contributed by atoms with E-state index in [1.54, 1.807) is 30.5 Å². The minimum Gasteiger partial charge on any atom is -0.465 e. The molecule has 0 amide bonds. The Bertz CT molecular complexity index is 657. The number of benzene rings is 1. The predicted octanol–water partition coefficient (Wildman–Crippen LogP) is 2.38. The van der Waals surface area contributed by atoms with Gasteiger partial charge in [-0.1, -0.05) is 12.1 Å². The topological polar surface area (TPSA) is 66.2 Å². The van der Waals surface area contributed by atoms with Crippen molar-refractivity contribution in [3.8, 4) is 6.07 Å². The molecule has 0 aliphatic carbocycles. The first-order valence-electron chi connectivity index (χ1n) is 6.38. The van der Waals surface area contributed by atoms with E-state index in [1.165, 1.54) is 7.11 Å². The van der Waals surface area contributed by atoms with Crippen LogP contribution in [0.2, 0.25) is 0 Å². The summed E-state index contributed by atoms with van der Waals surface area (Å²) in [5, 5.41) is 8.75. The Kier molecular flexibility index (Phi) is 4.52. The molecule has 0 N–H and O–H groups in total. The zero-order chi connectivity index (χ0) is 15.2. The van der Waals surface area contributed by atoms with Gasteiger partial charge in [-0.2, -0.15) is 5.26 Å². The average molecular weight is 281 g/mol. The van der Waals surface area contributed by atoms with E-state index in [1.807, 2.05) is 30.1 Å². The summed E-state index contributed by atoms with van der Waals surface area (Å²) in [7, 11) is 3.28. The highest BCUT2D eigenvalue weighted by Crippen LogP contribution is 2.14. The zero-order valence-electron chi connectivity index (χ0n) is 11.9. The maximum atomic E-state index is 11.4. The Morgan fingerprint density at radius 3 is 2.52 bits per heavy atom. The number of nitrogens with zero attached hydrogens (tertiary/aromatic N) is 3. The van der Waals surface area contributed by atoms with Crippen LogP contribution in [0.25, 0.3) is 0 Å². The minimum absolute atomic E-state index is 0.344. The summed E-state index contributed by atoms with van der Waals surface area (Å²) >= 11 is 0. The number of methoxy groups -OCH3 is 1. The second-order valence-electron chi connectivity index (χ2n) is 4.56. The summed E-state index contributed by atoms with van der Waals surface area (Å²) in [6, 6.07) is 12.8. The number of rotatable bonds is 4. The van der Waals surface area contributed by atoms with Crippen LogP contribution in [0, 0.1) is 11.3 Å². The van der Waals surface area contributed by atoms with Crippen molar-refractivity contribution in [2.75, 3.05) is 19.1 Å². The number of ether oxygens (including phenoxy) is 1. The summed E-state index contributed by atoms with van der Waals surface area (Å²) in [5.74, 6) is 0.440. The summed E-state index contributed by atoms with van der Waals surface area (Å²) in [6.45, 7) is 0.653. The normalized spacial score (nSPS) is 9.76. The summed E-state index contributed by atoms with van der Waals surface area (Å²) in [5.41, 5.74) is 2.12. The maximum absolute atomic E-state index is 11.4. The quantitative estimate of drug-likeness (QED) is 0.805. The second-order valence-corrected chi connectivity index (χ2v) is 4.56. The maximum Gasteiger partial charge on any atom is 0.337 e. The Morgan fingerprint density at radius 1 is 1.29 bits per heavy atom. The van der Waals surface area contributed by atoms with Gasteiger partial charge in [0.05, 0.1) is 18.2 Å². The zero-order valence-corrected chi connectivity index (χ0v) is 11.9. The lowest BCUT2D eigenvalue weighted by molar-refractivity contribution is 0.0600. The average Bonchev–Trinajstić information content (AvgIpc) is 2.55. The molecule has 106 valence electrons. The van der Waals surface area contributed by atoms with Gasteiger partial charge in [-0.3, -0.25) is 0 Å². The van der Waals surface area contributed by atoms with Gasteiger partial charge in [-0.05, 0) is 29.8 Å². The van der Waals surface area contributed by atoms with Crippen molar-refractivity contribution in [2.45, 2.75) is 6.54 Å². The second kappa shape index (κ2) is 6.53. The fourth-order valence-electron chi connectivity index (χ4n) is 1.90. The van der Waals surface area contributed by atoms with Crippen LogP contribution in [0.15, 0.2) is 42.6 Å². The summed E-state index contributed by atoms with van der Waals surface area (Å²) in [4.78, 5) is 17.6. The van der Waals surface area contributed by atoms with Crippen molar-refractivity contribution in [3.05, 3.63) is 59.3 Å². The minimum atomic E-state index is -0.344. The van der Waals surface area contributed by atoms with Crippen LogP contribution in [0.1, 0.15) is 21.5 Å². The smallest absolute Gasteiger partial charge is 0.337 e. The Labute approximate surface area is 123 Å². The lowest BCUT2D eigenvalue weighted by atomic mass is 10.1. The number of hydrogen-bond acceptors (Lipinski definition) is 5. The van der Waals surface area contributed by atoms with E-state index in [2.05, 4.69) is 9.72 Å². The van der Waals surface area contributed by atoms with Crippen molar-refractivity contribution in [1.82, 2.24) is 4.98 Å². The molecule has 0 spiro atoms.